The van der Waals surface area contributed by atoms with E-state index in [2.05, 4.69) is 0 Å². The van der Waals surface area contributed by atoms with E-state index in [1.165, 1.54) is 0 Å². The lowest BCUT2D eigenvalue weighted by Gasteiger charge is -2.15. The summed E-state index contributed by atoms with van der Waals surface area (Å²) in [5.74, 6) is -0.511. The Hall–Kier alpha value is -1.55. The molecule has 0 bridgehead atoms. The second-order valence-electron chi connectivity index (χ2n) is 4.61. The number of rotatable bonds is 7. The number of hydrogen-bond acceptors (Lipinski definition) is 3. The second kappa shape index (κ2) is 7.29. The van der Waals surface area contributed by atoms with Gasteiger partial charge in [-0.15, -0.1) is 0 Å². The molecule has 0 atom stereocenters. The minimum absolute atomic E-state index is 0.0195. The van der Waals surface area contributed by atoms with Crippen molar-refractivity contribution < 1.29 is 19.4 Å². The molecule has 110 valence electrons. The number of ether oxygens (including phenoxy) is 1. The quantitative estimate of drug-likeness (QED) is 0.778. The minimum Gasteiger partial charge on any atom is -0.493 e. The number of aliphatic carboxylic acids is 1. The molecule has 0 aromatic heterocycles. The second-order valence-corrected chi connectivity index (χ2v) is 4.99. The lowest BCUT2D eigenvalue weighted by Crippen LogP contribution is -2.08. The van der Waals surface area contributed by atoms with Gasteiger partial charge in [-0.25, -0.2) is 0 Å². The Labute approximate surface area is 123 Å². The van der Waals surface area contributed by atoms with Crippen LogP contribution in [0.2, 0.25) is 5.02 Å². The SMILES string of the molecule is CCOc1cc(C)c(Cl)c(C)c1C(=O)CCCC(=O)O. The zero-order chi connectivity index (χ0) is 15.3. The van der Waals surface area contributed by atoms with Crippen LogP contribution in [0.1, 0.15) is 47.7 Å². The van der Waals surface area contributed by atoms with E-state index in [0.29, 0.717) is 34.9 Å². The van der Waals surface area contributed by atoms with Crippen LogP contribution in [0.4, 0.5) is 0 Å². The molecule has 4 nitrogen and oxygen atoms in total. The zero-order valence-electron chi connectivity index (χ0n) is 12.0. The molecule has 0 radical (unpaired) electrons. The maximum atomic E-state index is 12.3. The van der Waals surface area contributed by atoms with Gasteiger partial charge >= 0.3 is 5.97 Å². The number of carbonyl (C=O) groups is 2. The molecule has 1 aromatic carbocycles. The minimum atomic E-state index is -0.901. The molecule has 1 rings (SSSR count). The molecule has 0 aliphatic heterocycles. The molecule has 5 heteroatoms. The average Bonchev–Trinajstić information content (AvgIpc) is 2.36. The predicted molar refractivity (Wildman–Crippen MR) is 77.9 cm³/mol. The van der Waals surface area contributed by atoms with Crippen LogP contribution in [-0.4, -0.2) is 23.5 Å². The van der Waals surface area contributed by atoms with Crippen LogP contribution in [0.25, 0.3) is 0 Å². The van der Waals surface area contributed by atoms with Gasteiger partial charge in [0.05, 0.1) is 12.2 Å². The summed E-state index contributed by atoms with van der Waals surface area (Å²) < 4.78 is 5.51. The summed E-state index contributed by atoms with van der Waals surface area (Å²) in [7, 11) is 0. The van der Waals surface area contributed by atoms with Crippen molar-refractivity contribution in [3.05, 3.63) is 27.8 Å². The van der Waals surface area contributed by atoms with Crippen LogP contribution in [0.5, 0.6) is 5.75 Å². The lowest BCUT2D eigenvalue weighted by atomic mass is 9.97. The van der Waals surface area contributed by atoms with Gasteiger partial charge in [0, 0.05) is 17.9 Å². The number of hydrogen-bond donors (Lipinski definition) is 1. The van der Waals surface area contributed by atoms with Crippen molar-refractivity contribution in [3.8, 4) is 5.75 Å². The molecule has 0 unspecified atom stereocenters. The van der Waals surface area contributed by atoms with E-state index in [0.717, 1.165) is 5.56 Å². The maximum absolute atomic E-state index is 12.3. The van der Waals surface area contributed by atoms with Gasteiger partial charge in [-0.2, -0.15) is 0 Å². The molecule has 0 saturated carbocycles. The highest BCUT2D eigenvalue weighted by Gasteiger charge is 2.19. The van der Waals surface area contributed by atoms with Crippen LogP contribution in [0.3, 0.4) is 0 Å². The fourth-order valence-electron chi connectivity index (χ4n) is 2.06. The predicted octanol–water partition coefficient (Wildman–Crippen LogP) is 3.79. The molecular formula is C15H19ClO4. The largest absolute Gasteiger partial charge is 0.493 e. The third-order valence-electron chi connectivity index (χ3n) is 3.02. The van der Waals surface area contributed by atoms with Crippen molar-refractivity contribution >= 4 is 23.4 Å². The number of ketones is 1. The van der Waals surface area contributed by atoms with E-state index in [4.69, 9.17) is 21.4 Å². The Morgan fingerprint density at radius 1 is 1.30 bits per heavy atom. The van der Waals surface area contributed by atoms with Gasteiger partial charge in [-0.3, -0.25) is 9.59 Å². The number of benzene rings is 1. The number of halogens is 1. The fraction of sp³-hybridized carbons (Fsp3) is 0.467. The van der Waals surface area contributed by atoms with Gasteiger partial charge in [0.1, 0.15) is 5.75 Å². The molecule has 0 saturated heterocycles. The van der Waals surface area contributed by atoms with Crippen LogP contribution < -0.4 is 4.74 Å². The Kier molecular flexibility index (Phi) is 6.02. The average molecular weight is 299 g/mol. The fourth-order valence-corrected chi connectivity index (χ4v) is 2.21. The van der Waals surface area contributed by atoms with Crippen LogP contribution in [0, 0.1) is 13.8 Å². The van der Waals surface area contributed by atoms with E-state index in [1.807, 2.05) is 13.8 Å². The summed E-state index contributed by atoms with van der Waals surface area (Å²) in [5.41, 5.74) is 2.01. The summed E-state index contributed by atoms with van der Waals surface area (Å²) in [6.45, 7) is 5.94. The maximum Gasteiger partial charge on any atom is 0.303 e. The Morgan fingerprint density at radius 2 is 1.95 bits per heavy atom. The first-order chi connectivity index (χ1) is 9.38. The molecule has 0 aliphatic rings. The number of Topliss-reactive ketones (excluding diaryl/α,β-unsaturated/α-hetero) is 1. The van der Waals surface area contributed by atoms with Crippen LogP contribution >= 0.6 is 11.6 Å². The molecule has 0 amide bonds. The molecule has 1 aromatic rings. The van der Waals surface area contributed by atoms with Crippen molar-refractivity contribution in [2.24, 2.45) is 0 Å². The smallest absolute Gasteiger partial charge is 0.303 e. The summed E-state index contributed by atoms with van der Waals surface area (Å²) in [6.07, 6.45) is 0.464. The first kappa shape index (κ1) is 16.5. The zero-order valence-corrected chi connectivity index (χ0v) is 12.7. The Bertz CT molecular complexity index is 523. The first-order valence-electron chi connectivity index (χ1n) is 6.56. The third kappa shape index (κ3) is 3.97. The summed E-state index contributed by atoms with van der Waals surface area (Å²) in [6, 6.07) is 1.75. The summed E-state index contributed by atoms with van der Waals surface area (Å²) >= 11 is 6.18. The molecule has 0 spiro atoms. The highest BCUT2D eigenvalue weighted by molar-refractivity contribution is 6.32. The summed E-state index contributed by atoms with van der Waals surface area (Å²) in [4.78, 5) is 22.8. The van der Waals surface area contributed by atoms with Crippen molar-refractivity contribution in [1.29, 1.82) is 0 Å². The van der Waals surface area contributed by atoms with Crippen LogP contribution in [0.15, 0.2) is 6.07 Å². The van der Waals surface area contributed by atoms with E-state index in [1.54, 1.807) is 13.0 Å². The topological polar surface area (TPSA) is 63.6 Å². The van der Waals surface area contributed by atoms with E-state index >= 15 is 0 Å². The van der Waals surface area contributed by atoms with Crippen molar-refractivity contribution in [2.75, 3.05) is 6.61 Å². The van der Waals surface area contributed by atoms with Crippen molar-refractivity contribution in [3.63, 3.8) is 0 Å². The summed E-state index contributed by atoms with van der Waals surface area (Å²) in [5, 5.41) is 9.16. The number of aryl methyl sites for hydroxylation is 1. The monoisotopic (exact) mass is 298 g/mol. The number of carboxylic acids is 1. The molecule has 0 fully saturated rings. The standard InChI is InChI=1S/C15H19ClO4/c1-4-20-12-8-9(2)15(16)10(3)14(12)11(17)6-5-7-13(18)19/h8H,4-7H2,1-3H3,(H,18,19). The van der Waals surface area contributed by atoms with Gasteiger partial charge < -0.3 is 9.84 Å². The molecule has 0 aliphatic carbocycles. The Balaban J connectivity index is 3.05. The van der Waals surface area contributed by atoms with Gasteiger partial charge in [0.15, 0.2) is 5.78 Å². The van der Waals surface area contributed by atoms with Gasteiger partial charge in [-0.05, 0) is 44.4 Å². The highest BCUT2D eigenvalue weighted by atomic mass is 35.5. The molecule has 0 heterocycles. The van der Waals surface area contributed by atoms with Gasteiger partial charge in [0.25, 0.3) is 0 Å². The van der Waals surface area contributed by atoms with Gasteiger partial charge in [0.2, 0.25) is 0 Å². The van der Waals surface area contributed by atoms with E-state index in [9.17, 15) is 9.59 Å². The lowest BCUT2D eigenvalue weighted by molar-refractivity contribution is -0.137. The Morgan fingerprint density at radius 3 is 2.50 bits per heavy atom. The first-order valence-corrected chi connectivity index (χ1v) is 6.93. The van der Waals surface area contributed by atoms with Crippen LogP contribution in [-0.2, 0) is 4.79 Å². The molecular weight excluding hydrogens is 280 g/mol. The number of carboxylic acid groups (broad SMARTS) is 1. The van der Waals surface area contributed by atoms with Crippen molar-refractivity contribution in [2.45, 2.75) is 40.0 Å². The molecule has 1 N–H and O–H groups in total. The third-order valence-corrected chi connectivity index (χ3v) is 3.60. The van der Waals surface area contributed by atoms with E-state index in [-0.39, 0.29) is 18.6 Å². The number of carbonyl (C=O) groups excluding carboxylic acids is 1. The van der Waals surface area contributed by atoms with E-state index < -0.39 is 5.97 Å². The van der Waals surface area contributed by atoms with Crippen molar-refractivity contribution in [1.82, 2.24) is 0 Å². The normalized spacial score (nSPS) is 10.4. The highest BCUT2D eigenvalue weighted by Crippen LogP contribution is 2.32. The molecule has 20 heavy (non-hydrogen) atoms. The van der Waals surface area contributed by atoms with Gasteiger partial charge in [-0.1, -0.05) is 11.6 Å².